The molecule has 92 valence electrons. The lowest BCUT2D eigenvalue weighted by Gasteiger charge is -2.12. The van der Waals surface area contributed by atoms with Crippen LogP contribution in [-0.4, -0.2) is 18.6 Å². The number of carbonyl (C=O) groups is 2. The van der Waals surface area contributed by atoms with Crippen molar-refractivity contribution in [1.29, 1.82) is 0 Å². The second-order valence-electron chi connectivity index (χ2n) is 3.87. The smallest absolute Gasteiger partial charge is 0.294 e. The first-order valence-electron chi connectivity index (χ1n) is 5.60. The molecule has 0 bridgehead atoms. The van der Waals surface area contributed by atoms with Crippen molar-refractivity contribution in [3.8, 4) is 0 Å². The van der Waals surface area contributed by atoms with Crippen molar-refractivity contribution in [2.45, 2.75) is 13.2 Å². The average molecular weight is 243 g/mol. The van der Waals surface area contributed by atoms with Gasteiger partial charge >= 0.3 is 0 Å². The number of carbonyl (C=O) groups excluding carboxylic acids is 2. The van der Waals surface area contributed by atoms with Gasteiger partial charge in [-0.25, -0.2) is 0 Å². The molecule has 1 atom stereocenters. The molecule has 2 rings (SSSR count). The fourth-order valence-corrected chi connectivity index (χ4v) is 1.80. The lowest BCUT2D eigenvalue weighted by molar-refractivity contribution is -0.133. The van der Waals surface area contributed by atoms with E-state index in [9.17, 15) is 9.59 Å². The Bertz CT molecular complexity index is 575. The van der Waals surface area contributed by atoms with Gasteiger partial charge in [0.1, 0.15) is 0 Å². The number of fused-ring (bicyclic) bond motifs is 1. The number of benzene rings is 2. The Hall–Kier alpha value is -2.36. The maximum Gasteiger partial charge on any atom is 0.294 e. The van der Waals surface area contributed by atoms with Crippen molar-refractivity contribution in [1.82, 2.24) is 5.32 Å². The van der Waals surface area contributed by atoms with Crippen LogP contribution in [0.5, 0.6) is 0 Å². The third kappa shape index (κ3) is 2.48. The molecule has 1 amide bonds. The molecule has 2 aromatic rings. The normalized spacial score (nSPS) is 11.8. The summed E-state index contributed by atoms with van der Waals surface area (Å²) in [6.07, 6.45) is -0.644. The highest BCUT2D eigenvalue weighted by molar-refractivity contribution is 6.07. The third-order valence-corrected chi connectivity index (χ3v) is 2.63. The lowest BCUT2D eigenvalue weighted by atomic mass is 10.0. The van der Waals surface area contributed by atoms with Crippen LogP contribution >= 0.6 is 0 Å². The highest BCUT2D eigenvalue weighted by Crippen LogP contribution is 2.18. The van der Waals surface area contributed by atoms with Crippen molar-refractivity contribution >= 4 is 23.2 Å². The average Bonchev–Trinajstić information content (AvgIpc) is 2.38. The van der Waals surface area contributed by atoms with Crippen molar-refractivity contribution in [3.63, 3.8) is 0 Å². The summed E-state index contributed by atoms with van der Waals surface area (Å²) in [4.78, 5) is 22.2. The van der Waals surface area contributed by atoms with Gasteiger partial charge in [0, 0.05) is 5.56 Å². The van der Waals surface area contributed by atoms with E-state index in [1.54, 1.807) is 13.0 Å². The molecule has 1 unspecified atom stereocenters. The van der Waals surface area contributed by atoms with Crippen LogP contribution in [0.4, 0.5) is 0 Å². The van der Waals surface area contributed by atoms with Crippen molar-refractivity contribution in [3.05, 3.63) is 48.0 Å². The first-order valence-corrected chi connectivity index (χ1v) is 5.60. The van der Waals surface area contributed by atoms with E-state index in [0.29, 0.717) is 12.0 Å². The van der Waals surface area contributed by atoms with Gasteiger partial charge < -0.3 is 10.1 Å². The van der Waals surface area contributed by atoms with Crippen LogP contribution in [0, 0.1) is 0 Å². The van der Waals surface area contributed by atoms with E-state index in [2.05, 4.69) is 10.1 Å². The quantitative estimate of drug-likeness (QED) is 0.660. The molecule has 0 radical (unpaired) electrons. The van der Waals surface area contributed by atoms with Gasteiger partial charge in [-0.05, 0) is 23.8 Å². The molecule has 0 aliphatic rings. The van der Waals surface area contributed by atoms with Crippen LogP contribution in [0.1, 0.15) is 17.3 Å². The van der Waals surface area contributed by atoms with Gasteiger partial charge in [-0.1, -0.05) is 36.4 Å². The van der Waals surface area contributed by atoms with E-state index in [1.165, 1.54) is 0 Å². The second-order valence-corrected chi connectivity index (χ2v) is 3.87. The Morgan fingerprint density at radius 2 is 1.94 bits per heavy atom. The number of hydrogen-bond donors (Lipinski definition) is 1. The van der Waals surface area contributed by atoms with Gasteiger partial charge in [-0.15, -0.1) is 0 Å². The van der Waals surface area contributed by atoms with Crippen LogP contribution in [0.25, 0.3) is 10.8 Å². The Kier molecular flexibility index (Phi) is 3.57. The first-order chi connectivity index (χ1) is 8.72. The van der Waals surface area contributed by atoms with Crippen LogP contribution in [0.2, 0.25) is 0 Å². The number of hydrogen-bond acceptors (Lipinski definition) is 3. The Morgan fingerprint density at radius 1 is 1.22 bits per heavy atom. The SMILES string of the molecule is CC(NC(=O)c1cccc2ccccc12)OC=O. The van der Waals surface area contributed by atoms with Crippen LogP contribution < -0.4 is 5.32 Å². The fourth-order valence-electron chi connectivity index (χ4n) is 1.80. The van der Waals surface area contributed by atoms with Gasteiger partial charge in [0.25, 0.3) is 12.4 Å². The summed E-state index contributed by atoms with van der Waals surface area (Å²) in [5.74, 6) is -0.263. The van der Waals surface area contributed by atoms with Gasteiger partial charge in [-0.3, -0.25) is 9.59 Å². The minimum Gasteiger partial charge on any atom is -0.444 e. The maximum absolute atomic E-state index is 12.0. The van der Waals surface area contributed by atoms with Crippen molar-refractivity contribution in [2.75, 3.05) is 0 Å². The van der Waals surface area contributed by atoms with Gasteiger partial charge in [0.2, 0.25) is 0 Å². The predicted molar refractivity (Wildman–Crippen MR) is 68.0 cm³/mol. The number of rotatable bonds is 4. The molecular weight excluding hydrogens is 230 g/mol. The van der Waals surface area contributed by atoms with Crippen LogP contribution in [0.15, 0.2) is 42.5 Å². The summed E-state index contributed by atoms with van der Waals surface area (Å²) in [5.41, 5.74) is 0.564. The highest BCUT2D eigenvalue weighted by Gasteiger charge is 2.12. The Morgan fingerprint density at radius 3 is 2.72 bits per heavy atom. The summed E-state index contributed by atoms with van der Waals surface area (Å²) in [5, 5.41) is 4.46. The molecule has 0 aromatic heterocycles. The highest BCUT2D eigenvalue weighted by atomic mass is 16.5. The number of ether oxygens (including phenoxy) is 1. The Balaban J connectivity index is 2.30. The molecule has 0 aliphatic carbocycles. The van der Waals surface area contributed by atoms with E-state index in [-0.39, 0.29) is 5.91 Å². The zero-order valence-electron chi connectivity index (χ0n) is 9.92. The molecule has 0 saturated carbocycles. The standard InChI is InChI=1S/C14H13NO3/c1-10(18-9-16)15-14(17)13-8-4-6-11-5-2-3-7-12(11)13/h2-10H,1H3,(H,15,17). The van der Waals surface area contributed by atoms with Crippen LogP contribution in [0.3, 0.4) is 0 Å². The minimum atomic E-state index is -0.644. The van der Waals surface area contributed by atoms with Crippen molar-refractivity contribution < 1.29 is 14.3 Å². The maximum atomic E-state index is 12.0. The summed E-state index contributed by atoms with van der Waals surface area (Å²) in [7, 11) is 0. The monoisotopic (exact) mass is 243 g/mol. The zero-order chi connectivity index (χ0) is 13.0. The molecule has 4 heteroatoms. The summed E-state index contributed by atoms with van der Waals surface area (Å²) in [6, 6.07) is 13.1. The van der Waals surface area contributed by atoms with Crippen LogP contribution in [-0.2, 0) is 9.53 Å². The Labute approximate surface area is 105 Å². The summed E-state index contributed by atoms with van der Waals surface area (Å²) >= 11 is 0. The van der Waals surface area contributed by atoms with Gasteiger partial charge in [-0.2, -0.15) is 0 Å². The lowest BCUT2D eigenvalue weighted by Crippen LogP contribution is -2.34. The second kappa shape index (κ2) is 5.31. The first kappa shape index (κ1) is 12.1. The molecule has 2 aromatic carbocycles. The predicted octanol–water partition coefficient (Wildman–Crippen LogP) is 2.09. The molecule has 4 nitrogen and oxygen atoms in total. The molecule has 18 heavy (non-hydrogen) atoms. The molecule has 0 spiro atoms. The van der Waals surface area contributed by atoms with E-state index in [1.807, 2.05) is 36.4 Å². The number of nitrogens with one attached hydrogen (secondary N) is 1. The molecular formula is C14H13NO3. The fraction of sp³-hybridized carbons (Fsp3) is 0.143. The van der Waals surface area contributed by atoms with Gasteiger partial charge in [0.15, 0.2) is 6.23 Å². The molecule has 1 N–H and O–H groups in total. The minimum absolute atomic E-state index is 0.263. The zero-order valence-corrected chi connectivity index (χ0v) is 9.92. The van der Waals surface area contributed by atoms with Gasteiger partial charge in [0.05, 0.1) is 0 Å². The molecule has 0 heterocycles. The van der Waals surface area contributed by atoms with E-state index < -0.39 is 6.23 Å². The number of amides is 1. The topological polar surface area (TPSA) is 55.4 Å². The van der Waals surface area contributed by atoms with Crippen molar-refractivity contribution in [2.24, 2.45) is 0 Å². The molecule has 0 aliphatic heterocycles. The van der Waals surface area contributed by atoms with E-state index in [4.69, 9.17) is 0 Å². The van der Waals surface area contributed by atoms with E-state index in [0.717, 1.165) is 10.8 Å². The third-order valence-electron chi connectivity index (χ3n) is 2.63. The largest absolute Gasteiger partial charge is 0.444 e. The summed E-state index contributed by atoms with van der Waals surface area (Å²) < 4.78 is 4.63. The molecule has 0 fully saturated rings. The molecule has 0 saturated heterocycles. The van der Waals surface area contributed by atoms with E-state index >= 15 is 0 Å². The summed E-state index contributed by atoms with van der Waals surface area (Å²) in [6.45, 7) is 1.91.